The molecule has 0 radical (unpaired) electrons. The number of hydrogen-bond acceptors (Lipinski definition) is 8. The lowest BCUT2D eigenvalue weighted by molar-refractivity contribution is 0.00302. The second kappa shape index (κ2) is 19.6. The minimum atomic E-state index is -2.22. The molecule has 0 aromatic heterocycles. The molecular weight excluding hydrogens is 709 g/mol. The Morgan fingerprint density at radius 3 is 0.784 bits per heavy atom. The van der Waals surface area contributed by atoms with Gasteiger partial charge in [0.15, 0.2) is 33.3 Å². The standard InChI is InChI=1S/C39H88O8Si4/c1-36(2,3)48(13,14)44-32(21-23-40)28-34(46-50(17,18)38(7,8)9)26-30(42)25-31(43)27-35(47-51(19,20)39(10,11)12)29-33(22-24-41)45-49(15,16)37(4,5)6/h30-35,40-43H,21-29H2,1-20H3/t30?,31?,32-,33+,34+,35-. The van der Waals surface area contributed by atoms with E-state index in [1.165, 1.54) is 0 Å². The average molecular weight is 797 g/mol. The molecule has 51 heavy (non-hydrogen) atoms. The summed E-state index contributed by atoms with van der Waals surface area (Å²) in [4.78, 5) is 0. The van der Waals surface area contributed by atoms with Gasteiger partial charge in [-0.05, 0) is 117 Å². The first-order valence-electron chi connectivity index (χ1n) is 19.8. The van der Waals surface area contributed by atoms with Crippen molar-refractivity contribution in [2.75, 3.05) is 13.2 Å². The van der Waals surface area contributed by atoms with Crippen molar-refractivity contribution in [1.82, 2.24) is 0 Å². The van der Waals surface area contributed by atoms with Crippen LogP contribution in [0.15, 0.2) is 0 Å². The molecule has 0 aliphatic heterocycles. The van der Waals surface area contributed by atoms with Gasteiger partial charge in [-0.2, -0.15) is 0 Å². The predicted molar refractivity (Wildman–Crippen MR) is 227 cm³/mol. The third-order valence-electron chi connectivity index (χ3n) is 12.6. The van der Waals surface area contributed by atoms with Crippen molar-refractivity contribution >= 4 is 33.3 Å². The molecule has 0 spiro atoms. The van der Waals surface area contributed by atoms with Gasteiger partial charge in [0.2, 0.25) is 0 Å². The normalized spacial score (nSPS) is 18.4. The van der Waals surface area contributed by atoms with Crippen LogP contribution >= 0.6 is 0 Å². The maximum absolute atomic E-state index is 11.6. The van der Waals surface area contributed by atoms with Crippen LogP contribution < -0.4 is 0 Å². The molecule has 0 aromatic rings. The van der Waals surface area contributed by atoms with Crippen LogP contribution in [0.3, 0.4) is 0 Å². The highest BCUT2D eigenvalue weighted by Gasteiger charge is 2.44. The molecule has 0 rings (SSSR count). The fourth-order valence-electron chi connectivity index (χ4n) is 5.20. The van der Waals surface area contributed by atoms with E-state index in [0.29, 0.717) is 38.5 Å². The predicted octanol–water partition coefficient (Wildman–Crippen LogP) is 9.99. The Labute approximate surface area is 320 Å². The van der Waals surface area contributed by atoms with Crippen molar-refractivity contribution < 1.29 is 38.1 Å². The Morgan fingerprint density at radius 2 is 0.588 bits per heavy atom. The first kappa shape index (κ1) is 51.5. The zero-order valence-corrected chi connectivity index (χ0v) is 41.2. The topological polar surface area (TPSA) is 118 Å². The Morgan fingerprint density at radius 1 is 0.373 bits per heavy atom. The molecule has 0 heterocycles. The minimum Gasteiger partial charge on any atom is -0.414 e. The zero-order valence-electron chi connectivity index (χ0n) is 37.2. The SMILES string of the molecule is CC(C)(C)[Si](C)(C)O[C@H](CCO)C[C@H](CC(O)CC(O)C[C@H](C[C@H](CCO)O[Si](C)(C)C(C)(C)C)O[Si](C)(C)C(C)(C)C)O[Si](C)(C)C(C)(C)C. The van der Waals surface area contributed by atoms with Crippen LogP contribution in [0.4, 0.5) is 0 Å². The number of hydrogen-bond donors (Lipinski definition) is 4. The van der Waals surface area contributed by atoms with Crippen molar-refractivity contribution in [3.8, 4) is 0 Å². The fraction of sp³-hybridized carbons (Fsp3) is 1.00. The van der Waals surface area contributed by atoms with Crippen LogP contribution in [0.25, 0.3) is 0 Å². The summed E-state index contributed by atoms with van der Waals surface area (Å²) in [6.45, 7) is 44.5. The highest BCUT2D eigenvalue weighted by molar-refractivity contribution is 6.75. The summed E-state index contributed by atoms with van der Waals surface area (Å²) in [7, 11) is -8.68. The van der Waals surface area contributed by atoms with Gasteiger partial charge in [-0.1, -0.05) is 83.1 Å². The molecule has 2 unspecified atom stereocenters. The molecule has 4 N–H and O–H groups in total. The molecule has 0 aliphatic rings. The molecular formula is C39H88O8Si4. The molecule has 8 nitrogen and oxygen atoms in total. The van der Waals surface area contributed by atoms with Crippen LogP contribution in [-0.4, -0.2) is 104 Å². The van der Waals surface area contributed by atoms with E-state index < -0.39 is 45.5 Å². The summed E-state index contributed by atoms with van der Waals surface area (Å²) in [6.07, 6.45) is 0.645. The maximum Gasteiger partial charge on any atom is 0.192 e. The van der Waals surface area contributed by atoms with Gasteiger partial charge in [0.25, 0.3) is 0 Å². The minimum absolute atomic E-state index is 0.0195. The van der Waals surface area contributed by atoms with Gasteiger partial charge in [-0.25, -0.2) is 0 Å². The van der Waals surface area contributed by atoms with Gasteiger partial charge in [0.1, 0.15) is 0 Å². The van der Waals surface area contributed by atoms with Gasteiger partial charge in [-0.15, -0.1) is 0 Å². The van der Waals surface area contributed by atoms with E-state index in [1.54, 1.807) is 0 Å². The van der Waals surface area contributed by atoms with Crippen molar-refractivity contribution in [3.63, 3.8) is 0 Å². The lowest BCUT2D eigenvalue weighted by Gasteiger charge is -2.43. The van der Waals surface area contributed by atoms with Crippen molar-refractivity contribution in [1.29, 1.82) is 0 Å². The van der Waals surface area contributed by atoms with E-state index in [9.17, 15) is 20.4 Å². The van der Waals surface area contributed by atoms with Gasteiger partial charge in [0, 0.05) is 37.6 Å². The van der Waals surface area contributed by atoms with E-state index in [4.69, 9.17) is 17.7 Å². The Hall–Kier alpha value is 0.548. The summed E-state index contributed by atoms with van der Waals surface area (Å²) in [5.74, 6) is 0. The number of aliphatic hydroxyl groups is 4. The molecule has 0 amide bonds. The monoisotopic (exact) mass is 797 g/mol. The number of aliphatic hydroxyl groups excluding tert-OH is 4. The molecule has 0 aliphatic carbocycles. The highest BCUT2D eigenvalue weighted by Crippen LogP contribution is 2.43. The van der Waals surface area contributed by atoms with E-state index in [-0.39, 0.29) is 64.2 Å². The number of rotatable bonds is 22. The van der Waals surface area contributed by atoms with E-state index in [0.717, 1.165) is 0 Å². The van der Waals surface area contributed by atoms with Crippen LogP contribution in [0.1, 0.15) is 128 Å². The zero-order chi connectivity index (χ0) is 40.7. The molecule has 0 saturated carbocycles. The highest BCUT2D eigenvalue weighted by atomic mass is 28.4. The molecule has 12 heteroatoms. The molecule has 0 fully saturated rings. The van der Waals surface area contributed by atoms with Crippen molar-refractivity contribution in [2.24, 2.45) is 0 Å². The van der Waals surface area contributed by atoms with E-state index in [2.05, 4.69) is 135 Å². The van der Waals surface area contributed by atoms with Crippen molar-refractivity contribution in [3.05, 3.63) is 0 Å². The lowest BCUT2D eigenvalue weighted by Crippen LogP contribution is -2.48. The average Bonchev–Trinajstić information content (AvgIpc) is 2.84. The van der Waals surface area contributed by atoms with Crippen molar-refractivity contribution in [2.45, 2.75) is 237 Å². The summed E-state index contributed by atoms with van der Waals surface area (Å²) >= 11 is 0. The van der Waals surface area contributed by atoms with Gasteiger partial charge >= 0.3 is 0 Å². The molecule has 0 aromatic carbocycles. The molecule has 6 atom stereocenters. The Balaban J connectivity index is 6.31. The second-order valence-electron chi connectivity index (χ2n) is 21.5. The molecule has 0 saturated heterocycles. The fourth-order valence-corrected chi connectivity index (χ4v) is 10.8. The quantitative estimate of drug-likeness (QED) is 0.0801. The van der Waals surface area contributed by atoms with Crippen LogP contribution in [-0.2, 0) is 17.7 Å². The summed E-state index contributed by atoms with van der Waals surface area (Å²) in [6, 6.07) is 0. The van der Waals surface area contributed by atoms with Gasteiger partial charge in [0.05, 0.1) is 12.2 Å². The molecule has 308 valence electrons. The van der Waals surface area contributed by atoms with E-state index in [1.807, 2.05) is 0 Å². The third-order valence-corrected chi connectivity index (χ3v) is 30.8. The summed E-state index contributed by atoms with van der Waals surface area (Å²) in [5, 5.41) is 43.2. The Kier molecular flexibility index (Phi) is 19.8. The summed E-state index contributed by atoms with van der Waals surface area (Å²) in [5.41, 5.74) is 0. The van der Waals surface area contributed by atoms with E-state index >= 15 is 0 Å². The first-order chi connectivity index (χ1) is 22.5. The largest absolute Gasteiger partial charge is 0.414 e. The summed E-state index contributed by atoms with van der Waals surface area (Å²) < 4.78 is 27.6. The van der Waals surface area contributed by atoms with Crippen LogP contribution in [0, 0.1) is 0 Å². The van der Waals surface area contributed by atoms with Crippen LogP contribution in [0.2, 0.25) is 72.5 Å². The Bertz CT molecular complexity index is 915. The maximum atomic E-state index is 11.6. The second-order valence-corrected chi connectivity index (χ2v) is 40.5. The third kappa shape index (κ3) is 17.5. The first-order valence-corrected chi connectivity index (χ1v) is 31.4. The van der Waals surface area contributed by atoms with Gasteiger partial charge in [-0.3, -0.25) is 0 Å². The smallest absolute Gasteiger partial charge is 0.192 e. The van der Waals surface area contributed by atoms with Crippen LogP contribution in [0.5, 0.6) is 0 Å². The van der Waals surface area contributed by atoms with Gasteiger partial charge < -0.3 is 38.1 Å². The molecule has 0 bridgehead atoms. The lowest BCUT2D eigenvalue weighted by atomic mass is 9.97.